The first-order valence-corrected chi connectivity index (χ1v) is 14.2. The lowest BCUT2D eigenvalue weighted by Gasteiger charge is -2.37. The summed E-state index contributed by atoms with van der Waals surface area (Å²) in [6, 6.07) is 0.967. The monoisotopic (exact) mass is 589 g/mol. The zero-order valence-electron chi connectivity index (χ0n) is 23.2. The molecule has 0 bridgehead atoms. The SMILES string of the molecule is C=C(N=C1C(=C(C)C)NC(=NCc2ccc(S(C)=O)cn2)C(=O)N1[C@@H](C)C(F)(F)F)c1c(OC)ncnc1C1CC1. The third kappa shape index (κ3) is 6.53. The van der Waals surface area contributed by atoms with Crippen molar-refractivity contribution in [2.24, 2.45) is 9.98 Å². The summed E-state index contributed by atoms with van der Waals surface area (Å²) in [6.45, 7) is 8.15. The molecule has 1 aliphatic carbocycles. The number of allylic oxidation sites excluding steroid dienone is 1. The molecule has 41 heavy (non-hydrogen) atoms. The second kappa shape index (κ2) is 11.9. The first-order chi connectivity index (χ1) is 19.3. The molecule has 2 fully saturated rings. The number of nitrogens with zero attached hydrogens (tertiary/aromatic N) is 6. The van der Waals surface area contributed by atoms with Crippen LogP contribution in [-0.4, -0.2) is 67.2 Å². The van der Waals surface area contributed by atoms with Crippen molar-refractivity contribution in [3.05, 3.63) is 59.5 Å². The molecule has 0 spiro atoms. The van der Waals surface area contributed by atoms with Crippen LogP contribution in [0.3, 0.4) is 0 Å². The highest BCUT2D eigenvalue weighted by Crippen LogP contribution is 2.44. The number of hydrogen-bond acceptors (Lipinski definition) is 8. The third-order valence-corrected chi connectivity index (χ3v) is 7.44. The summed E-state index contributed by atoms with van der Waals surface area (Å²) < 4.78 is 59.4. The van der Waals surface area contributed by atoms with Gasteiger partial charge in [-0.05, 0) is 51.3 Å². The van der Waals surface area contributed by atoms with E-state index < -0.39 is 28.9 Å². The highest BCUT2D eigenvalue weighted by atomic mass is 32.2. The topological polar surface area (TPSA) is 122 Å². The molecule has 14 heteroatoms. The number of piperazine rings is 1. The number of halogens is 3. The van der Waals surface area contributed by atoms with Crippen LogP contribution in [0, 0.1) is 0 Å². The first kappa shape index (κ1) is 30.0. The fraction of sp³-hybridized carbons (Fsp3) is 0.407. The maximum Gasteiger partial charge on any atom is 0.409 e. The van der Waals surface area contributed by atoms with Gasteiger partial charge in [0.1, 0.15) is 12.4 Å². The first-order valence-electron chi connectivity index (χ1n) is 12.7. The number of aromatic nitrogens is 3. The second-order valence-corrected chi connectivity index (χ2v) is 11.2. The number of alkyl halides is 3. The van der Waals surface area contributed by atoms with E-state index in [4.69, 9.17) is 4.74 Å². The van der Waals surface area contributed by atoms with E-state index in [0.29, 0.717) is 32.3 Å². The Morgan fingerprint density at radius 3 is 2.51 bits per heavy atom. The van der Waals surface area contributed by atoms with Crippen LogP contribution >= 0.6 is 0 Å². The molecule has 2 aliphatic rings. The van der Waals surface area contributed by atoms with E-state index in [2.05, 4.69) is 36.8 Å². The number of methoxy groups -OCH3 is 1. The summed E-state index contributed by atoms with van der Waals surface area (Å²) in [5, 5.41) is 2.88. The normalized spacial score (nSPS) is 19.3. The number of carbonyl (C=O) groups excluding carboxylic acids is 1. The Hall–Kier alpha value is -3.94. The lowest BCUT2D eigenvalue weighted by molar-refractivity contribution is -0.173. The van der Waals surface area contributed by atoms with Gasteiger partial charge in [0.15, 0.2) is 11.7 Å². The molecule has 1 saturated carbocycles. The van der Waals surface area contributed by atoms with Crippen molar-refractivity contribution < 1.29 is 26.9 Å². The molecule has 1 aliphatic heterocycles. The molecule has 2 aromatic rings. The number of nitrogens with one attached hydrogen (secondary N) is 1. The quantitative estimate of drug-likeness (QED) is 0.491. The number of aliphatic imine (C=N–C) groups is 2. The molecule has 1 unspecified atom stereocenters. The smallest absolute Gasteiger partial charge is 0.409 e. The predicted octanol–water partition coefficient (Wildman–Crippen LogP) is 4.14. The zero-order valence-corrected chi connectivity index (χ0v) is 24.1. The van der Waals surface area contributed by atoms with E-state index in [1.54, 1.807) is 26.0 Å². The Labute approximate surface area is 238 Å². The van der Waals surface area contributed by atoms with E-state index >= 15 is 0 Å². The Bertz CT molecular complexity index is 1480. The number of pyridine rings is 1. The van der Waals surface area contributed by atoms with Crippen LogP contribution in [0.2, 0.25) is 0 Å². The summed E-state index contributed by atoms with van der Waals surface area (Å²) in [5.74, 6) is -1.25. The molecular formula is C27H30F3N7O3S. The van der Waals surface area contributed by atoms with E-state index in [-0.39, 0.29) is 41.4 Å². The molecule has 2 aromatic heterocycles. The average Bonchev–Trinajstić information content (AvgIpc) is 3.77. The molecule has 0 aromatic carbocycles. The minimum absolute atomic E-state index is 0.0602. The van der Waals surface area contributed by atoms with Crippen LogP contribution in [-0.2, 0) is 22.1 Å². The summed E-state index contributed by atoms with van der Waals surface area (Å²) in [7, 11) is 0.192. The van der Waals surface area contributed by atoms with Crippen LogP contribution in [0.15, 0.2) is 57.4 Å². The van der Waals surface area contributed by atoms with Crippen molar-refractivity contribution in [1.29, 1.82) is 0 Å². The average molecular weight is 590 g/mol. The minimum atomic E-state index is -4.77. The number of ether oxygens (including phenoxy) is 1. The summed E-state index contributed by atoms with van der Waals surface area (Å²) >= 11 is 0. The number of amides is 1. The number of carbonyl (C=O) groups is 1. The third-order valence-electron chi connectivity index (χ3n) is 6.53. The van der Waals surface area contributed by atoms with Gasteiger partial charge < -0.3 is 10.1 Å². The maximum absolute atomic E-state index is 14.1. The molecule has 0 radical (unpaired) electrons. The zero-order chi connectivity index (χ0) is 30.1. The molecule has 1 saturated heterocycles. The summed E-state index contributed by atoms with van der Waals surface area (Å²) in [4.78, 5) is 36.1. The van der Waals surface area contributed by atoms with Crippen molar-refractivity contribution in [3.8, 4) is 5.88 Å². The van der Waals surface area contributed by atoms with Crippen LogP contribution in [0.25, 0.3) is 5.70 Å². The Morgan fingerprint density at radius 1 is 1.27 bits per heavy atom. The standard InChI is InChI=1S/C27H30F3N7O3S/c1-14(2)21-24(35-15(3)20-22(17-7-8-17)33-13-34-25(20)40-5)37(16(4)27(28,29)30)26(38)23(36-21)32-11-18-9-10-19(12-31-18)41(6)39/h9-10,12-13,16-17H,3,7-8,11H2,1-2,4-6H3,(H,32,36)/t16-,41?/m0/s1. The fourth-order valence-corrected chi connectivity index (χ4v) is 4.58. The number of rotatable bonds is 8. The van der Waals surface area contributed by atoms with E-state index in [1.165, 1.54) is 25.9 Å². The number of hydrogen-bond donors (Lipinski definition) is 1. The Morgan fingerprint density at radius 2 is 1.98 bits per heavy atom. The second-order valence-electron chi connectivity index (χ2n) is 9.80. The highest BCUT2D eigenvalue weighted by molar-refractivity contribution is 7.84. The Kier molecular flexibility index (Phi) is 8.71. The molecule has 1 amide bonds. The molecule has 218 valence electrons. The van der Waals surface area contributed by atoms with Gasteiger partial charge in [-0.3, -0.25) is 23.9 Å². The molecule has 2 atom stereocenters. The number of amidine groups is 2. The van der Waals surface area contributed by atoms with Crippen LogP contribution < -0.4 is 10.1 Å². The van der Waals surface area contributed by atoms with Crippen molar-refractivity contribution in [3.63, 3.8) is 0 Å². The maximum atomic E-state index is 14.1. The van der Waals surface area contributed by atoms with Crippen molar-refractivity contribution in [2.75, 3.05) is 13.4 Å². The lowest BCUT2D eigenvalue weighted by Crippen LogP contribution is -2.60. The van der Waals surface area contributed by atoms with Gasteiger partial charge in [0, 0.05) is 18.4 Å². The van der Waals surface area contributed by atoms with Gasteiger partial charge in [0.2, 0.25) is 5.88 Å². The van der Waals surface area contributed by atoms with Gasteiger partial charge in [-0.1, -0.05) is 6.58 Å². The molecule has 3 heterocycles. The van der Waals surface area contributed by atoms with Crippen LogP contribution in [0.1, 0.15) is 56.5 Å². The van der Waals surface area contributed by atoms with Crippen LogP contribution in [0.4, 0.5) is 13.2 Å². The van der Waals surface area contributed by atoms with Gasteiger partial charge in [-0.15, -0.1) is 0 Å². The van der Waals surface area contributed by atoms with Gasteiger partial charge in [0.25, 0.3) is 5.91 Å². The fourth-order valence-electron chi connectivity index (χ4n) is 4.12. The van der Waals surface area contributed by atoms with Crippen molar-refractivity contribution in [2.45, 2.75) is 63.2 Å². The van der Waals surface area contributed by atoms with Gasteiger partial charge >= 0.3 is 6.18 Å². The predicted molar refractivity (Wildman–Crippen MR) is 149 cm³/mol. The van der Waals surface area contributed by atoms with Crippen molar-refractivity contribution in [1.82, 2.24) is 25.2 Å². The molecule has 1 N–H and O–H groups in total. The highest BCUT2D eigenvalue weighted by Gasteiger charge is 2.48. The lowest BCUT2D eigenvalue weighted by atomic mass is 10.1. The largest absolute Gasteiger partial charge is 0.480 e. The molecule has 4 rings (SSSR count). The van der Waals surface area contributed by atoms with E-state index in [9.17, 15) is 22.2 Å². The van der Waals surface area contributed by atoms with E-state index in [0.717, 1.165) is 19.8 Å². The summed E-state index contributed by atoms with van der Waals surface area (Å²) in [6.07, 6.45) is 1.30. The van der Waals surface area contributed by atoms with E-state index in [1.807, 2.05) is 0 Å². The molecule has 10 nitrogen and oxygen atoms in total. The molecular weight excluding hydrogens is 559 g/mol. The van der Waals surface area contributed by atoms with Gasteiger partial charge in [0.05, 0.1) is 57.7 Å². The van der Waals surface area contributed by atoms with Gasteiger partial charge in [-0.2, -0.15) is 13.2 Å². The Balaban J connectivity index is 1.78. The van der Waals surface area contributed by atoms with Crippen LogP contribution in [0.5, 0.6) is 5.88 Å². The summed E-state index contributed by atoms with van der Waals surface area (Å²) in [5.41, 5.74) is 2.25. The minimum Gasteiger partial charge on any atom is -0.480 e. The van der Waals surface area contributed by atoms with Crippen molar-refractivity contribution >= 4 is 34.1 Å². The van der Waals surface area contributed by atoms with Gasteiger partial charge in [-0.25, -0.2) is 15.0 Å².